The molecule has 2 aromatic heterocycles. The van der Waals surface area contributed by atoms with Gasteiger partial charge in [0.2, 0.25) is 0 Å². The Balaban J connectivity index is 1.98. The number of carbonyl (C=O) groups excluding carboxylic acids is 1. The van der Waals surface area contributed by atoms with E-state index in [-0.39, 0.29) is 5.78 Å². The number of Topliss-reactive ketones (excluding diaryl/α,β-unsaturated/α-hetero) is 1. The van der Waals surface area contributed by atoms with E-state index >= 15 is 0 Å². The summed E-state index contributed by atoms with van der Waals surface area (Å²) >= 11 is 0. The van der Waals surface area contributed by atoms with Gasteiger partial charge in [-0.1, -0.05) is 36.4 Å². The number of nitrogens with zero attached hydrogens (tertiary/aromatic N) is 2. The molecule has 1 aromatic carbocycles. The molecule has 0 saturated carbocycles. The molecule has 1 aliphatic carbocycles. The average molecular weight is 300 g/mol. The van der Waals surface area contributed by atoms with Gasteiger partial charge in [-0.15, -0.1) is 0 Å². The highest BCUT2D eigenvalue weighted by molar-refractivity contribution is 6.00. The molecule has 0 fully saturated rings. The first-order valence-electron chi connectivity index (χ1n) is 7.87. The summed E-state index contributed by atoms with van der Waals surface area (Å²) in [6.45, 7) is 0. The van der Waals surface area contributed by atoms with E-state index < -0.39 is 0 Å². The van der Waals surface area contributed by atoms with E-state index in [1.807, 2.05) is 54.6 Å². The molecular formula is C20H16N2O. The highest BCUT2D eigenvalue weighted by Gasteiger charge is 2.22. The number of carbonyl (C=O) groups is 1. The Labute approximate surface area is 135 Å². The summed E-state index contributed by atoms with van der Waals surface area (Å²) < 4.78 is 0. The van der Waals surface area contributed by atoms with E-state index in [0.29, 0.717) is 6.42 Å². The molecule has 4 rings (SSSR count). The van der Waals surface area contributed by atoms with Gasteiger partial charge in [0.25, 0.3) is 0 Å². The van der Waals surface area contributed by atoms with E-state index in [1.165, 1.54) is 0 Å². The van der Waals surface area contributed by atoms with E-state index in [9.17, 15) is 4.79 Å². The van der Waals surface area contributed by atoms with Gasteiger partial charge in [0, 0.05) is 29.3 Å². The van der Waals surface area contributed by atoms with Crippen molar-refractivity contribution in [3.05, 3.63) is 72.1 Å². The Hall–Kier alpha value is -2.81. The monoisotopic (exact) mass is 300 g/mol. The Morgan fingerprint density at radius 1 is 0.870 bits per heavy atom. The molecule has 0 saturated heterocycles. The summed E-state index contributed by atoms with van der Waals surface area (Å²) in [5.41, 5.74) is 5.40. The van der Waals surface area contributed by atoms with Crippen LogP contribution >= 0.6 is 0 Å². The number of hydrogen-bond donors (Lipinski definition) is 0. The third kappa shape index (κ3) is 2.55. The molecule has 0 radical (unpaired) electrons. The maximum absolute atomic E-state index is 12.3. The zero-order valence-electron chi connectivity index (χ0n) is 12.7. The van der Waals surface area contributed by atoms with Crippen molar-refractivity contribution in [2.24, 2.45) is 0 Å². The lowest BCUT2D eigenvalue weighted by atomic mass is 9.91. The largest absolute Gasteiger partial charge is 0.294 e. The van der Waals surface area contributed by atoms with Crippen molar-refractivity contribution >= 4 is 5.78 Å². The van der Waals surface area contributed by atoms with E-state index in [1.54, 1.807) is 6.20 Å². The number of benzene rings is 1. The molecule has 0 N–H and O–H groups in total. The van der Waals surface area contributed by atoms with Gasteiger partial charge in [0.05, 0.1) is 17.1 Å². The Kier molecular flexibility index (Phi) is 3.46. The number of fused-ring (bicyclic) bond motifs is 1. The minimum absolute atomic E-state index is 0.190. The number of aryl methyl sites for hydroxylation is 1. The zero-order valence-corrected chi connectivity index (χ0v) is 12.7. The lowest BCUT2D eigenvalue weighted by Crippen LogP contribution is -2.13. The number of aromatic nitrogens is 2. The SMILES string of the molecule is O=C1CCCc2nc(-c3ccccc3)c(-c3ccccn3)cc21. The third-order valence-corrected chi connectivity index (χ3v) is 4.21. The fourth-order valence-corrected chi connectivity index (χ4v) is 3.07. The molecule has 3 aromatic rings. The van der Waals surface area contributed by atoms with Crippen LogP contribution in [0.15, 0.2) is 60.8 Å². The van der Waals surface area contributed by atoms with Gasteiger partial charge in [-0.25, -0.2) is 0 Å². The van der Waals surface area contributed by atoms with Crippen LogP contribution in [0.3, 0.4) is 0 Å². The van der Waals surface area contributed by atoms with Crippen molar-refractivity contribution in [3.8, 4) is 22.5 Å². The van der Waals surface area contributed by atoms with Gasteiger partial charge in [0.1, 0.15) is 0 Å². The summed E-state index contributed by atoms with van der Waals surface area (Å²) in [4.78, 5) is 21.6. The van der Waals surface area contributed by atoms with E-state index in [4.69, 9.17) is 4.98 Å². The first-order valence-corrected chi connectivity index (χ1v) is 7.87. The van der Waals surface area contributed by atoms with Crippen LogP contribution in [-0.4, -0.2) is 15.8 Å². The molecule has 23 heavy (non-hydrogen) atoms. The maximum atomic E-state index is 12.3. The van der Waals surface area contributed by atoms with E-state index in [2.05, 4.69) is 4.98 Å². The molecule has 3 nitrogen and oxygen atoms in total. The van der Waals surface area contributed by atoms with Crippen molar-refractivity contribution in [1.82, 2.24) is 9.97 Å². The van der Waals surface area contributed by atoms with Gasteiger partial charge in [-0.2, -0.15) is 0 Å². The molecule has 0 spiro atoms. The summed E-state index contributed by atoms with van der Waals surface area (Å²) in [6, 6.07) is 17.9. The predicted octanol–water partition coefficient (Wildman–Crippen LogP) is 4.33. The summed E-state index contributed by atoms with van der Waals surface area (Å²) in [5.74, 6) is 0.190. The quantitative estimate of drug-likeness (QED) is 0.707. The number of ketones is 1. The molecule has 0 atom stereocenters. The zero-order chi connectivity index (χ0) is 15.6. The van der Waals surface area contributed by atoms with Crippen LogP contribution in [0.1, 0.15) is 28.9 Å². The van der Waals surface area contributed by atoms with Crippen molar-refractivity contribution < 1.29 is 4.79 Å². The van der Waals surface area contributed by atoms with Gasteiger partial charge in [-0.3, -0.25) is 14.8 Å². The standard InChI is InChI=1S/C20H16N2O/c23-19-11-6-10-18-15(19)13-16(17-9-4-5-12-21-17)20(22-18)14-7-2-1-3-8-14/h1-5,7-9,12-13H,6,10-11H2. The molecular weight excluding hydrogens is 284 g/mol. The predicted molar refractivity (Wildman–Crippen MR) is 90.2 cm³/mol. The molecule has 0 bridgehead atoms. The molecule has 0 aliphatic heterocycles. The normalized spacial score (nSPS) is 13.7. The second-order valence-electron chi connectivity index (χ2n) is 5.74. The summed E-state index contributed by atoms with van der Waals surface area (Å²) in [5, 5.41) is 0. The van der Waals surface area contributed by atoms with Crippen LogP contribution in [0.25, 0.3) is 22.5 Å². The van der Waals surface area contributed by atoms with Gasteiger partial charge >= 0.3 is 0 Å². The van der Waals surface area contributed by atoms with E-state index in [0.717, 1.165) is 46.6 Å². The van der Waals surface area contributed by atoms with Crippen LogP contribution in [-0.2, 0) is 6.42 Å². The van der Waals surface area contributed by atoms with Crippen molar-refractivity contribution in [3.63, 3.8) is 0 Å². The molecule has 1 aliphatic rings. The molecule has 112 valence electrons. The number of pyridine rings is 2. The molecule has 2 heterocycles. The Bertz CT molecular complexity index is 858. The smallest absolute Gasteiger partial charge is 0.164 e. The third-order valence-electron chi connectivity index (χ3n) is 4.21. The highest BCUT2D eigenvalue weighted by atomic mass is 16.1. The first kappa shape index (κ1) is 13.8. The first-order chi connectivity index (χ1) is 11.3. The number of rotatable bonds is 2. The lowest BCUT2D eigenvalue weighted by Gasteiger charge is -2.18. The minimum atomic E-state index is 0.190. The second-order valence-corrected chi connectivity index (χ2v) is 5.74. The van der Waals surface area contributed by atoms with Crippen LogP contribution < -0.4 is 0 Å². The van der Waals surface area contributed by atoms with Crippen LogP contribution in [0.5, 0.6) is 0 Å². The van der Waals surface area contributed by atoms with Crippen LogP contribution in [0.4, 0.5) is 0 Å². The Morgan fingerprint density at radius 3 is 2.48 bits per heavy atom. The topological polar surface area (TPSA) is 42.9 Å². The van der Waals surface area contributed by atoms with Gasteiger partial charge in [0.15, 0.2) is 5.78 Å². The van der Waals surface area contributed by atoms with Crippen molar-refractivity contribution in [1.29, 1.82) is 0 Å². The highest BCUT2D eigenvalue weighted by Crippen LogP contribution is 2.33. The number of hydrogen-bond acceptors (Lipinski definition) is 3. The van der Waals surface area contributed by atoms with Gasteiger partial charge in [-0.05, 0) is 31.0 Å². The summed E-state index contributed by atoms with van der Waals surface area (Å²) in [6.07, 6.45) is 4.13. The molecule has 3 heteroatoms. The molecule has 0 amide bonds. The fourth-order valence-electron chi connectivity index (χ4n) is 3.07. The summed E-state index contributed by atoms with van der Waals surface area (Å²) in [7, 11) is 0. The Morgan fingerprint density at radius 2 is 1.70 bits per heavy atom. The second kappa shape index (κ2) is 5.76. The van der Waals surface area contributed by atoms with Crippen molar-refractivity contribution in [2.75, 3.05) is 0 Å². The van der Waals surface area contributed by atoms with Gasteiger partial charge < -0.3 is 0 Å². The average Bonchev–Trinajstić information content (AvgIpc) is 2.63. The maximum Gasteiger partial charge on any atom is 0.164 e. The lowest BCUT2D eigenvalue weighted by molar-refractivity contribution is 0.0971. The molecule has 0 unspecified atom stereocenters. The van der Waals surface area contributed by atoms with Crippen molar-refractivity contribution in [2.45, 2.75) is 19.3 Å². The van der Waals surface area contributed by atoms with Crippen LogP contribution in [0.2, 0.25) is 0 Å². The fraction of sp³-hybridized carbons (Fsp3) is 0.150. The minimum Gasteiger partial charge on any atom is -0.294 e. The van der Waals surface area contributed by atoms with Crippen LogP contribution in [0, 0.1) is 0 Å².